The molecule has 0 fully saturated rings. The lowest BCUT2D eigenvalue weighted by molar-refractivity contribution is 0.591. The molecule has 0 aromatic heterocycles. The summed E-state index contributed by atoms with van der Waals surface area (Å²) >= 11 is 5.57. The fourth-order valence-electron chi connectivity index (χ4n) is 1.78. The van der Waals surface area contributed by atoms with Crippen LogP contribution >= 0.6 is 11.6 Å². The Morgan fingerprint density at radius 1 is 1.14 bits per heavy atom. The van der Waals surface area contributed by atoms with Crippen molar-refractivity contribution in [2.75, 3.05) is 11.4 Å². The summed E-state index contributed by atoms with van der Waals surface area (Å²) in [4.78, 5) is -0.105. The number of nitrogens with zero attached hydrogens (tertiary/aromatic N) is 1. The fourth-order valence-corrected chi connectivity index (χ4v) is 3.23. The number of hydrogen-bond donors (Lipinski definition) is 0. The van der Waals surface area contributed by atoms with Crippen molar-refractivity contribution < 1.29 is 17.2 Å². The fraction of sp³-hybridized carbons (Fsp3) is 0.143. The first-order chi connectivity index (χ1) is 9.86. The predicted molar refractivity (Wildman–Crippen MR) is 77.9 cm³/mol. The van der Waals surface area contributed by atoms with Crippen molar-refractivity contribution in [1.29, 1.82) is 0 Å². The summed E-state index contributed by atoms with van der Waals surface area (Å²) in [5.74, 6) is -1.26. The summed E-state index contributed by atoms with van der Waals surface area (Å²) in [5, 5.41) is 0. The van der Waals surface area contributed by atoms with Gasteiger partial charge in [-0.1, -0.05) is 6.07 Å². The Labute approximate surface area is 126 Å². The highest BCUT2D eigenvalue weighted by Crippen LogP contribution is 2.24. The predicted octanol–water partition coefficient (Wildman–Crippen LogP) is 3.53. The molecule has 0 saturated carbocycles. The van der Waals surface area contributed by atoms with Crippen LogP contribution in [0.1, 0.15) is 5.56 Å². The molecule has 0 aliphatic carbocycles. The van der Waals surface area contributed by atoms with Crippen molar-refractivity contribution in [2.45, 2.75) is 10.8 Å². The molecule has 21 heavy (non-hydrogen) atoms. The molecule has 0 spiro atoms. The van der Waals surface area contributed by atoms with Gasteiger partial charge in [-0.15, -0.1) is 11.6 Å². The number of anilines is 1. The van der Waals surface area contributed by atoms with Crippen molar-refractivity contribution in [3.63, 3.8) is 0 Å². The molecule has 0 aliphatic heterocycles. The second-order valence-electron chi connectivity index (χ2n) is 4.34. The molecule has 0 aliphatic rings. The Hall–Kier alpha value is -1.66. The zero-order valence-corrected chi connectivity index (χ0v) is 12.6. The van der Waals surface area contributed by atoms with Crippen LogP contribution in [0.15, 0.2) is 47.4 Å². The van der Waals surface area contributed by atoms with Crippen LogP contribution in [0.4, 0.5) is 14.5 Å². The van der Waals surface area contributed by atoms with Crippen molar-refractivity contribution in [2.24, 2.45) is 0 Å². The molecular formula is C14H12ClF2NO2S. The molecule has 0 bridgehead atoms. The standard InChI is InChI=1S/C14H12ClF2NO2S/c1-18(12-4-2-3-11(16)8-12)21(19,20)13-5-6-14(17)10(7-13)9-15/h2-8H,9H2,1H3. The Bertz CT molecular complexity index is 765. The largest absolute Gasteiger partial charge is 0.269 e. The van der Waals surface area contributed by atoms with Crippen molar-refractivity contribution in [3.8, 4) is 0 Å². The second-order valence-corrected chi connectivity index (χ2v) is 6.58. The van der Waals surface area contributed by atoms with Gasteiger partial charge in [0.15, 0.2) is 0 Å². The highest BCUT2D eigenvalue weighted by Gasteiger charge is 2.22. The quantitative estimate of drug-likeness (QED) is 0.804. The monoisotopic (exact) mass is 331 g/mol. The Morgan fingerprint density at radius 3 is 2.48 bits per heavy atom. The summed E-state index contributed by atoms with van der Waals surface area (Å²) in [6.07, 6.45) is 0. The zero-order chi connectivity index (χ0) is 15.6. The van der Waals surface area contributed by atoms with Crippen LogP contribution in [-0.4, -0.2) is 15.5 Å². The van der Waals surface area contributed by atoms with E-state index < -0.39 is 21.7 Å². The van der Waals surface area contributed by atoms with Gasteiger partial charge in [0.05, 0.1) is 16.5 Å². The van der Waals surface area contributed by atoms with Crippen molar-refractivity contribution >= 4 is 27.3 Å². The van der Waals surface area contributed by atoms with Crippen molar-refractivity contribution in [3.05, 3.63) is 59.7 Å². The van der Waals surface area contributed by atoms with E-state index in [-0.39, 0.29) is 22.0 Å². The van der Waals surface area contributed by atoms with E-state index in [1.165, 1.54) is 31.3 Å². The minimum Gasteiger partial charge on any atom is -0.269 e. The van der Waals surface area contributed by atoms with Crippen LogP contribution in [-0.2, 0) is 15.9 Å². The number of hydrogen-bond acceptors (Lipinski definition) is 2. The Morgan fingerprint density at radius 2 is 1.86 bits per heavy atom. The van der Waals surface area contributed by atoms with Crippen LogP contribution < -0.4 is 4.31 Å². The lowest BCUT2D eigenvalue weighted by Gasteiger charge is -2.20. The van der Waals surface area contributed by atoms with E-state index >= 15 is 0 Å². The third-order valence-corrected chi connectivity index (χ3v) is 5.06. The maximum absolute atomic E-state index is 13.4. The molecule has 112 valence electrons. The second kappa shape index (κ2) is 5.99. The maximum Gasteiger partial charge on any atom is 0.264 e. The van der Waals surface area contributed by atoms with E-state index in [1.807, 2.05) is 0 Å². The van der Waals surface area contributed by atoms with Crippen molar-refractivity contribution in [1.82, 2.24) is 0 Å². The summed E-state index contributed by atoms with van der Waals surface area (Å²) in [6.45, 7) is 0. The van der Waals surface area contributed by atoms with E-state index in [4.69, 9.17) is 11.6 Å². The molecule has 0 amide bonds. The summed E-state index contributed by atoms with van der Waals surface area (Å²) < 4.78 is 52.4. The molecule has 0 unspecified atom stereocenters. The molecule has 0 N–H and O–H groups in total. The molecule has 0 radical (unpaired) electrons. The Balaban J connectivity index is 2.46. The number of rotatable bonds is 4. The average Bonchev–Trinajstić information content (AvgIpc) is 2.46. The summed E-state index contributed by atoms with van der Waals surface area (Å²) in [5.41, 5.74) is 0.261. The molecule has 2 aromatic rings. The molecule has 0 saturated heterocycles. The lowest BCUT2D eigenvalue weighted by atomic mass is 10.2. The SMILES string of the molecule is CN(c1cccc(F)c1)S(=O)(=O)c1ccc(F)c(CCl)c1. The number of alkyl halides is 1. The van der Waals surface area contributed by atoms with Gasteiger partial charge in [-0.05, 0) is 36.4 Å². The van der Waals surface area contributed by atoms with Crippen LogP contribution in [0.2, 0.25) is 0 Å². The van der Waals surface area contributed by atoms with E-state index in [0.29, 0.717) is 0 Å². The summed E-state index contributed by atoms with van der Waals surface area (Å²) in [7, 11) is -2.62. The van der Waals surface area contributed by atoms with Gasteiger partial charge >= 0.3 is 0 Å². The van der Waals surface area contributed by atoms with Crippen LogP contribution in [0.25, 0.3) is 0 Å². The maximum atomic E-state index is 13.4. The van der Waals surface area contributed by atoms with Gasteiger partial charge < -0.3 is 0 Å². The van der Waals surface area contributed by atoms with Gasteiger partial charge in [0, 0.05) is 12.6 Å². The molecular weight excluding hydrogens is 320 g/mol. The van der Waals surface area contributed by atoms with Gasteiger partial charge in [0.25, 0.3) is 10.0 Å². The van der Waals surface area contributed by atoms with Gasteiger partial charge in [-0.3, -0.25) is 4.31 Å². The van der Waals surface area contributed by atoms with Gasteiger partial charge in [-0.2, -0.15) is 0 Å². The molecule has 2 aromatic carbocycles. The first-order valence-corrected chi connectivity index (χ1v) is 7.92. The highest BCUT2D eigenvalue weighted by atomic mass is 35.5. The van der Waals surface area contributed by atoms with E-state index in [1.54, 1.807) is 0 Å². The number of sulfonamides is 1. The van der Waals surface area contributed by atoms with E-state index in [9.17, 15) is 17.2 Å². The van der Waals surface area contributed by atoms with Gasteiger partial charge in [0.1, 0.15) is 11.6 Å². The van der Waals surface area contributed by atoms with Crippen LogP contribution in [0.3, 0.4) is 0 Å². The van der Waals surface area contributed by atoms with Gasteiger partial charge in [0.2, 0.25) is 0 Å². The van der Waals surface area contributed by atoms with Crippen LogP contribution in [0, 0.1) is 11.6 Å². The minimum atomic E-state index is -3.92. The van der Waals surface area contributed by atoms with Gasteiger partial charge in [-0.25, -0.2) is 17.2 Å². The summed E-state index contributed by atoms with van der Waals surface area (Å²) in [6, 6.07) is 8.56. The highest BCUT2D eigenvalue weighted by molar-refractivity contribution is 7.92. The number of halogens is 3. The first-order valence-electron chi connectivity index (χ1n) is 5.95. The molecule has 7 heteroatoms. The minimum absolute atomic E-state index is 0.0883. The normalized spacial score (nSPS) is 11.4. The smallest absolute Gasteiger partial charge is 0.264 e. The lowest BCUT2D eigenvalue weighted by Crippen LogP contribution is -2.26. The average molecular weight is 332 g/mol. The van der Waals surface area contributed by atoms with E-state index in [2.05, 4.69) is 0 Å². The molecule has 0 heterocycles. The molecule has 3 nitrogen and oxygen atoms in total. The van der Waals surface area contributed by atoms with Crippen LogP contribution in [0.5, 0.6) is 0 Å². The molecule has 0 atom stereocenters. The third kappa shape index (κ3) is 3.16. The zero-order valence-electron chi connectivity index (χ0n) is 11.1. The Kier molecular flexibility index (Phi) is 4.49. The number of benzene rings is 2. The van der Waals surface area contributed by atoms with E-state index in [0.717, 1.165) is 22.5 Å². The first kappa shape index (κ1) is 15.7. The topological polar surface area (TPSA) is 37.4 Å². The molecule has 2 rings (SSSR count). The third-order valence-electron chi connectivity index (χ3n) is 2.99.